The number of alkyl halides is 2. The molecule has 1 rings (SSSR count). The van der Waals surface area contributed by atoms with Crippen LogP contribution in [0.25, 0.3) is 0 Å². The van der Waals surface area contributed by atoms with Gasteiger partial charge in [-0.1, -0.05) is 26.7 Å². The SMILES string of the molecule is CC(C)CC1(C(=O)N(CCO)CC(F)F)CCCC1. The topological polar surface area (TPSA) is 40.5 Å². The molecule has 0 radical (unpaired) electrons. The summed E-state index contributed by atoms with van der Waals surface area (Å²) in [5.74, 6) is 0.178. The maximum absolute atomic E-state index is 12.6. The van der Waals surface area contributed by atoms with Gasteiger partial charge in [-0.2, -0.15) is 0 Å². The number of halogens is 2. The molecule has 0 bridgehead atoms. The van der Waals surface area contributed by atoms with Gasteiger partial charge in [0.2, 0.25) is 5.91 Å². The monoisotopic (exact) mass is 277 g/mol. The van der Waals surface area contributed by atoms with Crippen molar-refractivity contribution in [3.8, 4) is 0 Å². The molecule has 1 aliphatic rings. The van der Waals surface area contributed by atoms with Crippen LogP contribution in [0.15, 0.2) is 0 Å². The summed E-state index contributed by atoms with van der Waals surface area (Å²) < 4.78 is 25.1. The molecule has 1 aliphatic carbocycles. The second-order valence-corrected chi connectivity index (χ2v) is 5.95. The molecule has 0 unspecified atom stereocenters. The van der Waals surface area contributed by atoms with Gasteiger partial charge in [0.25, 0.3) is 6.43 Å². The number of carbonyl (C=O) groups is 1. The smallest absolute Gasteiger partial charge is 0.255 e. The fraction of sp³-hybridized carbons (Fsp3) is 0.929. The minimum absolute atomic E-state index is 0.00299. The first kappa shape index (κ1) is 16.3. The van der Waals surface area contributed by atoms with Crippen molar-refractivity contribution in [3.05, 3.63) is 0 Å². The van der Waals surface area contributed by atoms with E-state index in [1.54, 1.807) is 0 Å². The van der Waals surface area contributed by atoms with Crippen molar-refractivity contribution in [2.45, 2.75) is 52.4 Å². The van der Waals surface area contributed by atoms with E-state index in [9.17, 15) is 13.6 Å². The van der Waals surface area contributed by atoms with Crippen LogP contribution in [0.2, 0.25) is 0 Å². The normalized spacial score (nSPS) is 18.3. The molecule has 0 spiro atoms. The quantitative estimate of drug-likeness (QED) is 0.777. The first-order valence-electron chi connectivity index (χ1n) is 7.09. The summed E-state index contributed by atoms with van der Waals surface area (Å²) in [4.78, 5) is 13.8. The molecule has 0 aliphatic heterocycles. The summed E-state index contributed by atoms with van der Waals surface area (Å²) in [7, 11) is 0. The van der Waals surface area contributed by atoms with E-state index in [2.05, 4.69) is 13.8 Å². The Labute approximate surface area is 114 Å². The van der Waals surface area contributed by atoms with Crippen LogP contribution in [0.3, 0.4) is 0 Å². The average molecular weight is 277 g/mol. The van der Waals surface area contributed by atoms with Crippen LogP contribution in [0, 0.1) is 11.3 Å². The Morgan fingerprint density at radius 3 is 2.32 bits per heavy atom. The van der Waals surface area contributed by atoms with Gasteiger partial charge in [0, 0.05) is 12.0 Å². The Balaban J connectivity index is 2.83. The number of nitrogens with zero attached hydrogens (tertiary/aromatic N) is 1. The molecule has 1 N–H and O–H groups in total. The van der Waals surface area contributed by atoms with Crippen LogP contribution in [0.5, 0.6) is 0 Å². The Bertz CT molecular complexity index is 289. The first-order chi connectivity index (χ1) is 8.91. The highest BCUT2D eigenvalue weighted by Gasteiger charge is 2.43. The van der Waals surface area contributed by atoms with E-state index in [0.717, 1.165) is 37.0 Å². The first-order valence-corrected chi connectivity index (χ1v) is 7.09. The molecule has 0 atom stereocenters. The third kappa shape index (κ3) is 4.41. The van der Waals surface area contributed by atoms with Gasteiger partial charge in [-0.05, 0) is 25.2 Å². The van der Waals surface area contributed by atoms with Gasteiger partial charge in [0.05, 0.1) is 13.2 Å². The van der Waals surface area contributed by atoms with Crippen LogP contribution >= 0.6 is 0 Å². The largest absolute Gasteiger partial charge is 0.395 e. The van der Waals surface area contributed by atoms with E-state index in [-0.39, 0.29) is 19.1 Å². The van der Waals surface area contributed by atoms with Gasteiger partial charge in [-0.3, -0.25) is 4.79 Å². The summed E-state index contributed by atoms with van der Waals surface area (Å²) in [6.45, 7) is 3.27. The lowest BCUT2D eigenvalue weighted by Gasteiger charge is -2.35. The summed E-state index contributed by atoms with van der Waals surface area (Å²) in [6.07, 6.45) is 1.75. The van der Waals surface area contributed by atoms with Crippen molar-refractivity contribution in [1.82, 2.24) is 4.90 Å². The Kier molecular flexibility index (Phi) is 6.17. The van der Waals surface area contributed by atoms with Crippen molar-refractivity contribution in [1.29, 1.82) is 0 Å². The molecular weight excluding hydrogens is 252 g/mol. The predicted octanol–water partition coefficient (Wildman–Crippen LogP) is 2.68. The number of rotatable bonds is 7. The van der Waals surface area contributed by atoms with Crippen molar-refractivity contribution >= 4 is 5.91 Å². The second-order valence-electron chi connectivity index (χ2n) is 5.95. The molecule has 1 amide bonds. The molecule has 0 aromatic heterocycles. The lowest BCUT2D eigenvalue weighted by atomic mass is 9.77. The lowest BCUT2D eigenvalue weighted by Crippen LogP contribution is -2.46. The van der Waals surface area contributed by atoms with Crippen LogP contribution in [0.4, 0.5) is 8.78 Å². The highest BCUT2D eigenvalue weighted by atomic mass is 19.3. The van der Waals surface area contributed by atoms with Crippen LogP contribution in [-0.2, 0) is 4.79 Å². The number of aliphatic hydroxyl groups is 1. The third-order valence-corrected chi connectivity index (χ3v) is 3.83. The van der Waals surface area contributed by atoms with Crippen molar-refractivity contribution in [2.24, 2.45) is 11.3 Å². The minimum atomic E-state index is -2.55. The van der Waals surface area contributed by atoms with E-state index < -0.39 is 18.4 Å². The molecule has 5 heteroatoms. The standard InChI is InChI=1S/C14H25F2NO2/c1-11(2)9-14(5-3-4-6-14)13(19)17(7-8-18)10-12(15)16/h11-12,18H,3-10H2,1-2H3. The molecule has 0 aromatic rings. The Hall–Kier alpha value is -0.710. The van der Waals surface area contributed by atoms with E-state index in [1.807, 2.05) is 0 Å². The molecule has 19 heavy (non-hydrogen) atoms. The Morgan fingerprint density at radius 1 is 1.32 bits per heavy atom. The van der Waals surface area contributed by atoms with Gasteiger partial charge in [0.1, 0.15) is 0 Å². The number of aliphatic hydroxyl groups excluding tert-OH is 1. The molecule has 1 fully saturated rings. The number of hydrogen-bond donors (Lipinski definition) is 1. The van der Waals surface area contributed by atoms with Gasteiger partial charge >= 0.3 is 0 Å². The van der Waals surface area contributed by atoms with Gasteiger partial charge < -0.3 is 10.0 Å². The average Bonchev–Trinajstić information content (AvgIpc) is 2.75. The van der Waals surface area contributed by atoms with Crippen molar-refractivity contribution < 1.29 is 18.7 Å². The number of amides is 1. The number of hydrogen-bond acceptors (Lipinski definition) is 2. The van der Waals surface area contributed by atoms with Crippen LogP contribution in [-0.4, -0.2) is 42.0 Å². The maximum Gasteiger partial charge on any atom is 0.255 e. The molecule has 0 saturated heterocycles. The molecule has 0 heterocycles. The summed E-state index contributed by atoms with van der Waals surface area (Å²) >= 11 is 0. The molecule has 112 valence electrons. The molecular formula is C14H25F2NO2. The zero-order valence-electron chi connectivity index (χ0n) is 11.9. The number of carbonyl (C=O) groups excluding carboxylic acids is 1. The van der Waals surface area contributed by atoms with Crippen molar-refractivity contribution in [2.75, 3.05) is 19.7 Å². The van der Waals surface area contributed by atoms with Crippen LogP contribution in [0.1, 0.15) is 46.0 Å². The van der Waals surface area contributed by atoms with Crippen LogP contribution < -0.4 is 0 Å². The van der Waals surface area contributed by atoms with Gasteiger partial charge in [0.15, 0.2) is 0 Å². The predicted molar refractivity (Wildman–Crippen MR) is 70.0 cm³/mol. The summed E-state index contributed by atoms with van der Waals surface area (Å²) in [5, 5.41) is 8.97. The van der Waals surface area contributed by atoms with Crippen molar-refractivity contribution in [3.63, 3.8) is 0 Å². The highest BCUT2D eigenvalue weighted by molar-refractivity contribution is 5.83. The van der Waals surface area contributed by atoms with E-state index in [0.29, 0.717) is 5.92 Å². The highest BCUT2D eigenvalue weighted by Crippen LogP contribution is 2.44. The zero-order chi connectivity index (χ0) is 14.5. The fourth-order valence-corrected chi connectivity index (χ4v) is 3.24. The summed E-state index contributed by atoms with van der Waals surface area (Å²) in [6, 6.07) is 0. The Morgan fingerprint density at radius 2 is 1.89 bits per heavy atom. The van der Waals surface area contributed by atoms with Gasteiger partial charge in [-0.25, -0.2) is 8.78 Å². The summed E-state index contributed by atoms with van der Waals surface area (Å²) in [5.41, 5.74) is -0.474. The van der Waals surface area contributed by atoms with E-state index in [4.69, 9.17) is 5.11 Å². The molecule has 3 nitrogen and oxygen atoms in total. The van der Waals surface area contributed by atoms with Gasteiger partial charge in [-0.15, -0.1) is 0 Å². The van der Waals surface area contributed by atoms with E-state index >= 15 is 0 Å². The second kappa shape index (κ2) is 7.17. The lowest BCUT2D eigenvalue weighted by molar-refractivity contribution is -0.145. The zero-order valence-corrected chi connectivity index (χ0v) is 11.9. The fourth-order valence-electron chi connectivity index (χ4n) is 3.24. The minimum Gasteiger partial charge on any atom is -0.395 e. The third-order valence-electron chi connectivity index (χ3n) is 3.83. The van der Waals surface area contributed by atoms with E-state index in [1.165, 1.54) is 0 Å². The maximum atomic E-state index is 12.6. The molecule has 0 aromatic carbocycles. The molecule has 1 saturated carbocycles.